The van der Waals surface area contributed by atoms with Crippen molar-refractivity contribution in [2.45, 2.75) is 6.42 Å². The molecule has 42 valence electrons. The maximum absolute atomic E-state index is 10.1. The van der Waals surface area contributed by atoms with Crippen molar-refractivity contribution in [1.29, 1.82) is 0 Å². The SMILES string of the molecule is O=C[C@@H]1[C@H]2C=CC[C@H]12. The summed E-state index contributed by atoms with van der Waals surface area (Å²) in [6.45, 7) is 0. The van der Waals surface area contributed by atoms with E-state index in [1.165, 1.54) is 0 Å². The number of allylic oxidation sites excluding steroid dienone is 2. The molecule has 1 nitrogen and oxygen atoms in total. The Kier molecular flexibility index (Phi) is 0.655. The number of hydrogen-bond donors (Lipinski definition) is 0. The summed E-state index contributed by atoms with van der Waals surface area (Å²) in [5.41, 5.74) is 0. The molecule has 0 heterocycles. The van der Waals surface area contributed by atoms with Crippen molar-refractivity contribution < 1.29 is 4.79 Å². The summed E-state index contributed by atoms with van der Waals surface area (Å²) in [6.07, 6.45) is 6.59. The van der Waals surface area contributed by atoms with E-state index in [0.717, 1.165) is 12.7 Å². The van der Waals surface area contributed by atoms with Crippen LogP contribution in [0, 0.1) is 17.8 Å². The smallest absolute Gasteiger partial charge is 0.123 e. The van der Waals surface area contributed by atoms with Crippen LogP contribution in [-0.2, 0) is 4.79 Å². The zero-order valence-electron chi connectivity index (χ0n) is 4.58. The predicted octanol–water partition coefficient (Wildman–Crippen LogP) is 1.01. The van der Waals surface area contributed by atoms with Gasteiger partial charge in [0.15, 0.2) is 0 Å². The van der Waals surface area contributed by atoms with E-state index in [0.29, 0.717) is 17.8 Å². The number of carbonyl (C=O) groups excluding carboxylic acids is 1. The van der Waals surface area contributed by atoms with Crippen molar-refractivity contribution in [3.05, 3.63) is 12.2 Å². The fourth-order valence-corrected chi connectivity index (χ4v) is 1.60. The molecule has 0 aromatic rings. The molecule has 8 heavy (non-hydrogen) atoms. The third-order valence-electron chi connectivity index (χ3n) is 2.22. The lowest BCUT2D eigenvalue weighted by Gasteiger charge is -1.81. The molecule has 1 fully saturated rings. The zero-order valence-corrected chi connectivity index (χ0v) is 4.58. The molecule has 0 amide bonds. The molecule has 0 N–H and O–H groups in total. The quantitative estimate of drug-likeness (QED) is 0.362. The van der Waals surface area contributed by atoms with Gasteiger partial charge in [0.25, 0.3) is 0 Å². The molecule has 0 radical (unpaired) electrons. The van der Waals surface area contributed by atoms with Crippen molar-refractivity contribution in [2.24, 2.45) is 17.8 Å². The van der Waals surface area contributed by atoms with Crippen LogP contribution in [0.4, 0.5) is 0 Å². The molecule has 3 atom stereocenters. The summed E-state index contributed by atoms with van der Waals surface area (Å²) >= 11 is 0. The van der Waals surface area contributed by atoms with Gasteiger partial charge in [-0.3, -0.25) is 0 Å². The first-order chi connectivity index (χ1) is 3.93. The second-order valence-corrected chi connectivity index (χ2v) is 2.62. The molecule has 1 heteroatoms. The van der Waals surface area contributed by atoms with E-state index in [1.807, 2.05) is 0 Å². The highest BCUT2D eigenvalue weighted by Gasteiger charge is 2.49. The summed E-state index contributed by atoms with van der Waals surface area (Å²) in [6, 6.07) is 0. The highest BCUT2D eigenvalue weighted by molar-refractivity contribution is 5.61. The van der Waals surface area contributed by atoms with Crippen LogP contribution in [0.3, 0.4) is 0 Å². The van der Waals surface area contributed by atoms with Crippen LogP contribution in [0.25, 0.3) is 0 Å². The Labute approximate surface area is 48.4 Å². The first-order valence-corrected chi connectivity index (χ1v) is 3.05. The molecule has 0 aromatic heterocycles. The van der Waals surface area contributed by atoms with Gasteiger partial charge in [-0.05, 0) is 18.3 Å². The van der Waals surface area contributed by atoms with Gasteiger partial charge in [-0.2, -0.15) is 0 Å². The predicted molar refractivity (Wildman–Crippen MR) is 30.3 cm³/mol. The molecule has 0 saturated heterocycles. The molecular weight excluding hydrogens is 100 g/mol. The van der Waals surface area contributed by atoms with Crippen LogP contribution in [0.1, 0.15) is 6.42 Å². The number of aldehydes is 1. The summed E-state index contributed by atoms with van der Waals surface area (Å²) in [4.78, 5) is 10.1. The first kappa shape index (κ1) is 4.30. The van der Waals surface area contributed by atoms with Crippen molar-refractivity contribution in [1.82, 2.24) is 0 Å². The maximum Gasteiger partial charge on any atom is 0.123 e. The van der Waals surface area contributed by atoms with Gasteiger partial charge in [0, 0.05) is 5.92 Å². The van der Waals surface area contributed by atoms with E-state index < -0.39 is 0 Å². The molecule has 1 saturated carbocycles. The monoisotopic (exact) mass is 108 g/mol. The number of rotatable bonds is 1. The molecular formula is C7H8O. The molecule has 0 unspecified atom stereocenters. The fraction of sp³-hybridized carbons (Fsp3) is 0.571. The largest absolute Gasteiger partial charge is 0.303 e. The van der Waals surface area contributed by atoms with Crippen molar-refractivity contribution in [2.75, 3.05) is 0 Å². The summed E-state index contributed by atoms with van der Waals surface area (Å²) in [5.74, 6) is 1.76. The van der Waals surface area contributed by atoms with Gasteiger partial charge in [-0.15, -0.1) is 0 Å². The third-order valence-corrected chi connectivity index (χ3v) is 2.22. The van der Waals surface area contributed by atoms with E-state index in [-0.39, 0.29) is 0 Å². The van der Waals surface area contributed by atoms with Crippen LogP contribution in [0.2, 0.25) is 0 Å². The van der Waals surface area contributed by atoms with E-state index in [9.17, 15) is 4.79 Å². The normalized spacial score (nSPS) is 48.8. The highest BCUT2D eigenvalue weighted by Crippen LogP contribution is 2.52. The molecule has 2 aliphatic carbocycles. The zero-order chi connectivity index (χ0) is 5.56. The third kappa shape index (κ3) is 0.347. The summed E-state index contributed by atoms with van der Waals surface area (Å²) in [5, 5.41) is 0. The molecule has 0 aliphatic heterocycles. The van der Waals surface area contributed by atoms with E-state index >= 15 is 0 Å². The standard InChI is InChI=1S/C7H8O/c8-4-7-5-2-1-3-6(5)7/h1-2,4-7H,3H2/t5-,6-,7+/m0/s1. The summed E-state index contributed by atoms with van der Waals surface area (Å²) < 4.78 is 0. The molecule has 0 bridgehead atoms. The molecule has 0 aromatic carbocycles. The maximum atomic E-state index is 10.1. The lowest BCUT2D eigenvalue weighted by atomic mass is 10.2. The van der Waals surface area contributed by atoms with E-state index in [4.69, 9.17) is 0 Å². The van der Waals surface area contributed by atoms with Gasteiger partial charge in [0.1, 0.15) is 6.29 Å². The molecule has 2 rings (SSSR count). The minimum Gasteiger partial charge on any atom is -0.303 e. The lowest BCUT2D eigenvalue weighted by molar-refractivity contribution is -0.109. The second kappa shape index (κ2) is 1.22. The number of hydrogen-bond acceptors (Lipinski definition) is 1. The van der Waals surface area contributed by atoms with Crippen molar-refractivity contribution in [3.63, 3.8) is 0 Å². The highest BCUT2D eigenvalue weighted by atomic mass is 16.1. The second-order valence-electron chi connectivity index (χ2n) is 2.62. The Bertz CT molecular complexity index is 144. The Hall–Kier alpha value is -0.590. The average Bonchev–Trinajstić information content (AvgIpc) is 2.22. The minimum atomic E-state index is 0.403. The van der Waals surface area contributed by atoms with E-state index in [2.05, 4.69) is 12.2 Å². The number of fused-ring (bicyclic) bond motifs is 1. The van der Waals surface area contributed by atoms with Gasteiger partial charge < -0.3 is 4.79 Å². The van der Waals surface area contributed by atoms with Crippen LogP contribution in [0.5, 0.6) is 0 Å². The van der Waals surface area contributed by atoms with Crippen molar-refractivity contribution in [3.8, 4) is 0 Å². The number of carbonyl (C=O) groups is 1. The van der Waals surface area contributed by atoms with Gasteiger partial charge in [0.2, 0.25) is 0 Å². The summed E-state index contributed by atoms with van der Waals surface area (Å²) in [7, 11) is 0. The molecule has 0 spiro atoms. The Morgan fingerprint density at radius 2 is 2.50 bits per heavy atom. The topological polar surface area (TPSA) is 17.1 Å². The van der Waals surface area contributed by atoms with Gasteiger partial charge in [-0.1, -0.05) is 12.2 Å². The lowest BCUT2D eigenvalue weighted by Crippen LogP contribution is -1.82. The average molecular weight is 108 g/mol. The van der Waals surface area contributed by atoms with E-state index in [1.54, 1.807) is 0 Å². The first-order valence-electron chi connectivity index (χ1n) is 3.05. The Morgan fingerprint density at radius 3 is 2.88 bits per heavy atom. The van der Waals surface area contributed by atoms with Gasteiger partial charge in [0.05, 0.1) is 0 Å². The Balaban J connectivity index is 2.12. The Morgan fingerprint density at radius 1 is 1.62 bits per heavy atom. The van der Waals surface area contributed by atoms with Crippen LogP contribution >= 0.6 is 0 Å². The van der Waals surface area contributed by atoms with Crippen LogP contribution in [0.15, 0.2) is 12.2 Å². The fourth-order valence-electron chi connectivity index (χ4n) is 1.60. The molecule has 2 aliphatic rings. The van der Waals surface area contributed by atoms with Crippen LogP contribution in [-0.4, -0.2) is 6.29 Å². The van der Waals surface area contributed by atoms with Crippen molar-refractivity contribution >= 4 is 6.29 Å². The van der Waals surface area contributed by atoms with Gasteiger partial charge in [-0.25, -0.2) is 0 Å². The van der Waals surface area contributed by atoms with Gasteiger partial charge >= 0.3 is 0 Å². The van der Waals surface area contributed by atoms with Crippen LogP contribution < -0.4 is 0 Å². The minimum absolute atomic E-state index is 0.403.